The molecular weight excluding hydrogens is 412 g/mol. The van der Waals surface area contributed by atoms with Crippen molar-refractivity contribution in [3.63, 3.8) is 0 Å². The van der Waals surface area contributed by atoms with E-state index in [-0.39, 0.29) is 48.9 Å². The molecule has 0 saturated heterocycles. The van der Waals surface area contributed by atoms with Gasteiger partial charge < -0.3 is 24.8 Å². The number of carbonyl (C=O) groups excluding carboxylic acids is 4. The highest BCUT2D eigenvalue weighted by molar-refractivity contribution is 8.13. The van der Waals surface area contributed by atoms with Crippen LogP contribution < -0.4 is 10.6 Å². The third kappa shape index (κ3) is 13.6. The number of esters is 1. The molecule has 0 unspecified atom stereocenters. The average molecular weight is 449 g/mol. The summed E-state index contributed by atoms with van der Waals surface area (Å²) >= 11 is 1.12. The summed E-state index contributed by atoms with van der Waals surface area (Å²) < 4.78 is 15.3. The summed E-state index contributed by atoms with van der Waals surface area (Å²) in [6.07, 6.45) is 1.11. The molecule has 10 heteroatoms. The van der Waals surface area contributed by atoms with Gasteiger partial charge in [0.05, 0.1) is 19.1 Å². The number of rotatable bonds is 15. The van der Waals surface area contributed by atoms with Crippen LogP contribution in [0.25, 0.3) is 0 Å². The van der Waals surface area contributed by atoms with Crippen LogP contribution in [0.1, 0.15) is 53.4 Å². The van der Waals surface area contributed by atoms with Gasteiger partial charge in [0.1, 0.15) is 0 Å². The van der Waals surface area contributed by atoms with Gasteiger partial charge in [0.25, 0.3) is 0 Å². The van der Waals surface area contributed by atoms with E-state index in [1.165, 1.54) is 14.2 Å². The van der Waals surface area contributed by atoms with Crippen LogP contribution in [0.2, 0.25) is 0 Å². The summed E-state index contributed by atoms with van der Waals surface area (Å²) in [5.41, 5.74) is -0.767. The molecule has 2 N–H and O–H groups in total. The molecule has 0 aromatic heterocycles. The van der Waals surface area contributed by atoms with Crippen LogP contribution >= 0.6 is 11.8 Å². The minimum absolute atomic E-state index is 0.0264. The number of amides is 2. The summed E-state index contributed by atoms with van der Waals surface area (Å²) in [6, 6.07) is 0. The Morgan fingerprint density at radius 1 is 0.900 bits per heavy atom. The molecule has 0 radical (unpaired) electrons. The van der Waals surface area contributed by atoms with E-state index in [4.69, 9.17) is 9.47 Å². The van der Waals surface area contributed by atoms with Crippen molar-refractivity contribution < 1.29 is 33.4 Å². The Kier molecular flexibility index (Phi) is 13.6. The molecule has 0 fully saturated rings. The maximum absolute atomic E-state index is 12.3. The first-order valence-corrected chi connectivity index (χ1v) is 10.9. The lowest BCUT2D eigenvalue weighted by atomic mass is 9.93. The lowest BCUT2D eigenvalue weighted by Gasteiger charge is -2.30. The van der Waals surface area contributed by atoms with Gasteiger partial charge in [-0.3, -0.25) is 19.2 Å². The molecule has 30 heavy (non-hydrogen) atoms. The smallest absolute Gasteiger partial charge is 0.305 e. The maximum Gasteiger partial charge on any atom is 0.305 e. The molecule has 0 atom stereocenters. The second kappa shape index (κ2) is 14.4. The van der Waals surface area contributed by atoms with Crippen LogP contribution in [0.3, 0.4) is 0 Å². The molecule has 0 aliphatic carbocycles. The van der Waals surface area contributed by atoms with E-state index >= 15 is 0 Å². The van der Waals surface area contributed by atoms with E-state index in [0.29, 0.717) is 25.1 Å². The van der Waals surface area contributed by atoms with Gasteiger partial charge in [-0.25, -0.2) is 0 Å². The molecule has 0 aromatic rings. The Hall–Kier alpha value is -1.65. The van der Waals surface area contributed by atoms with Gasteiger partial charge in [0, 0.05) is 45.2 Å². The molecule has 174 valence electrons. The normalized spacial score (nSPS) is 11.7. The number of nitrogens with one attached hydrogen (secondary N) is 2. The Bertz CT molecular complexity index is 580. The maximum atomic E-state index is 12.3. The number of ether oxygens (including phenoxy) is 3. The fraction of sp³-hybridized carbons (Fsp3) is 0.800. The van der Waals surface area contributed by atoms with Crippen LogP contribution in [0.15, 0.2) is 0 Å². The predicted molar refractivity (Wildman–Crippen MR) is 115 cm³/mol. The summed E-state index contributed by atoms with van der Waals surface area (Å²) in [4.78, 5) is 46.8. The second-order valence-corrected chi connectivity index (χ2v) is 8.93. The molecule has 0 rings (SSSR count). The Balaban J connectivity index is 3.92. The number of hydrogen-bond donors (Lipinski definition) is 2. The molecule has 0 aromatic carbocycles. The zero-order chi connectivity index (χ0) is 23.2. The first kappa shape index (κ1) is 28.4. The van der Waals surface area contributed by atoms with E-state index in [1.54, 1.807) is 27.7 Å². The monoisotopic (exact) mass is 448 g/mol. The van der Waals surface area contributed by atoms with Crippen molar-refractivity contribution in [3.8, 4) is 0 Å². The summed E-state index contributed by atoms with van der Waals surface area (Å²) in [7, 11) is 2.84. The standard InChI is InChI=1S/C20H36N2O7S/c1-19(2,14-29-20(3,4)28-6)18(26)22-11-10-15(23)21-12-13-30-17(25)9-7-8-16(24)27-5/h7-14H2,1-6H3,(H,21,23)(H,22,26). The van der Waals surface area contributed by atoms with Gasteiger partial charge in [0.2, 0.25) is 11.8 Å². The third-order valence-corrected chi connectivity index (χ3v) is 5.14. The van der Waals surface area contributed by atoms with Crippen molar-refractivity contribution in [2.75, 3.05) is 39.7 Å². The number of carbonyl (C=O) groups is 4. The van der Waals surface area contributed by atoms with Gasteiger partial charge in [-0.1, -0.05) is 11.8 Å². The van der Waals surface area contributed by atoms with Gasteiger partial charge in [-0.2, -0.15) is 0 Å². The lowest BCUT2D eigenvalue weighted by molar-refractivity contribution is -0.210. The van der Waals surface area contributed by atoms with Crippen molar-refractivity contribution in [2.45, 2.75) is 59.2 Å². The van der Waals surface area contributed by atoms with Crippen molar-refractivity contribution in [3.05, 3.63) is 0 Å². The van der Waals surface area contributed by atoms with Crippen LogP contribution in [0.4, 0.5) is 0 Å². The zero-order valence-electron chi connectivity index (χ0n) is 18.9. The quantitative estimate of drug-likeness (QED) is 0.220. The van der Waals surface area contributed by atoms with Gasteiger partial charge in [0.15, 0.2) is 10.9 Å². The van der Waals surface area contributed by atoms with Crippen molar-refractivity contribution in [2.24, 2.45) is 5.41 Å². The highest BCUT2D eigenvalue weighted by Gasteiger charge is 2.31. The Morgan fingerprint density at radius 3 is 2.17 bits per heavy atom. The largest absolute Gasteiger partial charge is 0.469 e. The van der Waals surface area contributed by atoms with Gasteiger partial charge >= 0.3 is 5.97 Å². The molecular formula is C20H36N2O7S. The lowest BCUT2D eigenvalue weighted by Crippen LogP contribution is -2.43. The first-order valence-electron chi connectivity index (χ1n) is 9.90. The van der Waals surface area contributed by atoms with Crippen LogP contribution in [0, 0.1) is 5.41 Å². The number of thioether (sulfide) groups is 1. The summed E-state index contributed by atoms with van der Waals surface area (Å²) in [5, 5.41) is 5.42. The van der Waals surface area contributed by atoms with Crippen LogP contribution in [-0.2, 0) is 33.4 Å². The minimum atomic E-state index is -0.780. The minimum Gasteiger partial charge on any atom is -0.469 e. The highest BCUT2D eigenvalue weighted by Crippen LogP contribution is 2.20. The molecule has 9 nitrogen and oxygen atoms in total. The molecule has 0 bridgehead atoms. The van der Waals surface area contributed by atoms with Crippen molar-refractivity contribution in [1.82, 2.24) is 10.6 Å². The SMILES string of the molecule is COC(=O)CCCC(=O)SCCNC(=O)CCNC(=O)C(C)(C)COC(C)(C)OC. The predicted octanol–water partition coefficient (Wildman–Crippen LogP) is 1.64. The highest BCUT2D eigenvalue weighted by atomic mass is 32.2. The van der Waals surface area contributed by atoms with E-state index in [2.05, 4.69) is 15.4 Å². The summed E-state index contributed by atoms with van der Waals surface area (Å²) in [6.45, 7) is 7.78. The molecule has 0 saturated carbocycles. The fourth-order valence-electron chi connectivity index (χ4n) is 2.00. The molecule has 0 aliphatic rings. The van der Waals surface area contributed by atoms with Gasteiger partial charge in [-0.15, -0.1) is 0 Å². The number of hydrogen-bond acceptors (Lipinski definition) is 8. The Morgan fingerprint density at radius 2 is 1.57 bits per heavy atom. The fourth-order valence-corrected chi connectivity index (χ4v) is 2.72. The van der Waals surface area contributed by atoms with E-state index in [9.17, 15) is 19.2 Å². The Labute approximate surface area is 183 Å². The van der Waals surface area contributed by atoms with E-state index in [0.717, 1.165) is 11.8 Å². The van der Waals surface area contributed by atoms with Crippen LogP contribution in [0.5, 0.6) is 0 Å². The number of methoxy groups -OCH3 is 2. The van der Waals surface area contributed by atoms with E-state index in [1.807, 2.05) is 0 Å². The second-order valence-electron chi connectivity index (χ2n) is 7.78. The molecule has 0 heterocycles. The topological polar surface area (TPSA) is 120 Å². The zero-order valence-corrected chi connectivity index (χ0v) is 19.7. The summed E-state index contributed by atoms with van der Waals surface area (Å²) in [5.74, 6) is -1.08. The van der Waals surface area contributed by atoms with Crippen molar-refractivity contribution >= 4 is 34.7 Å². The average Bonchev–Trinajstić information content (AvgIpc) is 2.69. The van der Waals surface area contributed by atoms with Crippen LogP contribution in [-0.4, -0.2) is 68.4 Å². The molecule has 0 aliphatic heterocycles. The van der Waals surface area contributed by atoms with E-state index < -0.39 is 11.2 Å². The molecule has 2 amide bonds. The first-order chi connectivity index (χ1) is 13.9. The van der Waals surface area contributed by atoms with Gasteiger partial charge in [-0.05, 0) is 34.1 Å². The molecule has 0 spiro atoms. The van der Waals surface area contributed by atoms with Crippen molar-refractivity contribution in [1.29, 1.82) is 0 Å². The third-order valence-electron chi connectivity index (χ3n) is 4.20.